The number of aliphatic hydroxyl groups excluding tert-OH is 1. The van der Waals surface area contributed by atoms with Gasteiger partial charge in [0.1, 0.15) is 27.8 Å². The van der Waals surface area contributed by atoms with Gasteiger partial charge in [-0.05, 0) is 59.9 Å². The summed E-state index contributed by atoms with van der Waals surface area (Å²) in [5, 5.41) is 19.7. The van der Waals surface area contributed by atoms with Gasteiger partial charge in [0.25, 0.3) is 0 Å². The number of hydrogen-bond donors (Lipinski definition) is 2. The number of hydrogen-bond acceptors (Lipinski definition) is 11. The van der Waals surface area contributed by atoms with Gasteiger partial charge in [-0.15, -0.1) is 11.3 Å². The van der Waals surface area contributed by atoms with Gasteiger partial charge in [0.15, 0.2) is 5.65 Å². The SMILES string of the molecule is CC(C)c1cnn2c(N(Cc3nc4cnccc4s3)C(=O)OC(C)(C)C)cc(NC[C@@H]3CCN(C(=O)OC(C)(C)C)C[C@@H]3O)nc12. The number of pyridine rings is 1. The van der Waals surface area contributed by atoms with Gasteiger partial charge in [-0.3, -0.25) is 9.88 Å². The van der Waals surface area contributed by atoms with Gasteiger partial charge in [-0.25, -0.2) is 19.6 Å². The smallest absolute Gasteiger partial charge is 0.416 e. The average molecular weight is 653 g/mol. The summed E-state index contributed by atoms with van der Waals surface area (Å²) < 4.78 is 14.0. The third-order valence-corrected chi connectivity index (χ3v) is 8.46. The predicted molar refractivity (Wildman–Crippen MR) is 177 cm³/mol. The molecule has 14 heteroatoms. The van der Waals surface area contributed by atoms with E-state index < -0.39 is 29.5 Å². The second kappa shape index (κ2) is 13.0. The summed E-state index contributed by atoms with van der Waals surface area (Å²) in [5.74, 6) is 0.979. The zero-order chi connectivity index (χ0) is 33.4. The molecule has 0 aromatic carbocycles. The Morgan fingerprint density at radius 1 is 1.13 bits per heavy atom. The van der Waals surface area contributed by atoms with Crippen molar-refractivity contribution in [2.75, 3.05) is 29.9 Å². The van der Waals surface area contributed by atoms with Crippen LogP contribution in [0.25, 0.3) is 15.9 Å². The van der Waals surface area contributed by atoms with Gasteiger partial charge in [-0.2, -0.15) is 9.61 Å². The Balaban J connectivity index is 1.45. The molecule has 0 saturated carbocycles. The van der Waals surface area contributed by atoms with Crippen LogP contribution in [0.2, 0.25) is 0 Å². The van der Waals surface area contributed by atoms with E-state index >= 15 is 0 Å². The van der Waals surface area contributed by atoms with Gasteiger partial charge in [0.2, 0.25) is 0 Å². The lowest BCUT2D eigenvalue weighted by Gasteiger charge is -2.36. The molecule has 0 radical (unpaired) electrons. The van der Waals surface area contributed by atoms with Crippen molar-refractivity contribution < 1.29 is 24.2 Å². The molecule has 248 valence electrons. The molecule has 1 aliphatic heterocycles. The summed E-state index contributed by atoms with van der Waals surface area (Å²) in [7, 11) is 0. The van der Waals surface area contributed by atoms with Gasteiger partial charge in [0, 0.05) is 36.8 Å². The molecule has 5 rings (SSSR count). The summed E-state index contributed by atoms with van der Waals surface area (Å²) in [6.07, 6.45) is 4.06. The van der Waals surface area contributed by atoms with E-state index in [-0.39, 0.29) is 24.9 Å². The van der Waals surface area contributed by atoms with Crippen LogP contribution in [0.15, 0.2) is 30.7 Å². The molecule has 2 amide bonds. The lowest BCUT2D eigenvalue weighted by atomic mass is 9.94. The quantitative estimate of drug-likeness (QED) is 0.250. The molecule has 4 aromatic heterocycles. The highest BCUT2D eigenvalue weighted by Gasteiger charge is 2.33. The van der Waals surface area contributed by atoms with E-state index in [1.165, 1.54) is 16.2 Å². The first-order valence-corrected chi connectivity index (χ1v) is 16.4. The normalized spacial score (nSPS) is 17.5. The van der Waals surface area contributed by atoms with E-state index in [9.17, 15) is 14.7 Å². The number of carbonyl (C=O) groups excluding carboxylic acids is 2. The molecule has 0 spiro atoms. The van der Waals surface area contributed by atoms with E-state index in [0.29, 0.717) is 41.8 Å². The molecule has 0 bridgehead atoms. The van der Waals surface area contributed by atoms with Crippen molar-refractivity contribution in [1.29, 1.82) is 0 Å². The molecule has 5 heterocycles. The Hall–Kier alpha value is -4.04. The number of piperidine rings is 1. The number of ether oxygens (including phenoxy) is 2. The maximum absolute atomic E-state index is 13.8. The van der Waals surface area contributed by atoms with Crippen LogP contribution >= 0.6 is 11.3 Å². The average Bonchev–Trinajstić information content (AvgIpc) is 3.57. The third kappa shape index (κ3) is 7.84. The van der Waals surface area contributed by atoms with Crippen LogP contribution in [0.3, 0.4) is 0 Å². The van der Waals surface area contributed by atoms with Crippen molar-refractivity contribution in [3.8, 4) is 0 Å². The van der Waals surface area contributed by atoms with Crippen molar-refractivity contribution in [2.45, 2.75) is 91.6 Å². The number of rotatable bonds is 7. The highest BCUT2D eigenvalue weighted by Crippen LogP contribution is 2.31. The summed E-state index contributed by atoms with van der Waals surface area (Å²) in [6, 6.07) is 3.67. The van der Waals surface area contributed by atoms with Gasteiger partial charge >= 0.3 is 12.2 Å². The topological polar surface area (TPSA) is 147 Å². The number of β-amino-alcohol motifs (C(OH)–C–C–N with tert-alkyl or cyclic N) is 1. The maximum atomic E-state index is 13.8. The van der Waals surface area contributed by atoms with Crippen LogP contribution < -0.4 is 10.2 Å². The molecule has 0 aliphatic carbocycles. The number of nitrogens with zero attached hydrogens (tertiary/aromatic N) is 7. The fourth-order valence-corrected chi connectivity index (χ4v) is 6.11. The minimum absolute atomic E-state index is 0.124. The number of fused-ring (bicyclic) bond motifs is 2. The molecule has 46 heavy (non-hydrogen) atoms. The number of thiazole rings is 1. The zero-order valence-electron chi connectivity index (χ0n) is 27.8. The van der Waals surface area contributed by atoms with E-state index in [0.717, 1.165) is 15.8 Å². The molecule has 4 aromatic rings. The van der Waals surface area contributed by atoms with E-state index in [1.54, 1.807) is 34.1 Å². The molecule has 2 N–H and O–H groups in total. The Bertz CT molecular complexity index is 1670. The number of aromatic nitrogens is 5. The number of likely N-dealkylation sites (tertiary alicyclic amines) is 1. The molecule has 13 nitrogen and oxygen atoms in total. The summed E-state index contributed by atoms with van der Waals surface area (Å²) in [4.78, 5) is 43.2. The molecule has 2 atom stereocenters. The lowest BCUT2D eigenvalue weighted by Crippen LogP contribution is -2.49. The molecule has 0 unspecified atom stereocenters. The monoisotopic (exact) mass is 652 g/mol. The predicted octanol–water partition coefficient (Wildman–Crippen LogP) is 5.83. The van der Waals surface area contributed by atoms with Crippen molar-refractivity contribution in [3.05, 3.63) is 41.3 Å². The molecule has 1 fully saturated rings. The van der Waals surface area contributed by atoms with Crippen LogP contribution in [0.4, 0.5) is 21.2 Å². The van der Waals surface area contributed by atoms with Crippen molar-refractivity contribution in [1.82, 2.24) is 29.5 Å². The highest BCUT2D eigenvalue weighted by molar-refractivity contribution is 7.18. The van der Waals surface area contributed by atoms with Crippen molar-refractivity contribution >= 4 is 51.0 Å². The fraction of sp³-hybridized carbons (Fsp3) is 0.562. The van der Waals surface area contributed by atoms with Crippen LogP contribution in [0.1, 0.15) is 78.3 Å². The second-order valence-electron chi connectivity index (χ2n) is 13.9. The van der Waals surface area contributed by atoms with Gasteiger partial charge in [0.05, 0.1) is 41.8 Å². The van der Waals surface area contributed by atoms with E-state index in [1.807, 2.05) is 47.6 Å². The van der Waals surface area contributed by atoms with Crippen LogP contribution in [-0.2, 0) is 16.0 Å². The molecular weight excluding hydrogens is 608 g/mol. The lowest BCUT2D eigenvalue weighted by molar-refractivity contribution is -0.0104. The van der Waals surface area contributed by atoms with Crippen molar-refractivity contribution in [2.24, 2.45) is 5.92 Å². The summed E-state index contributed by atoms with van der Waals surface area (Å²) in [6.45, 7) is 16.3. The Kier molecular flexibility index (Phi) is 9.41. The minimum Gasteiger partial charge on any atom is -0.444 e. The van der Waals surface area contributed by atoms with Gasteiger partial charge in [-0.1, -0.05) is 13.8 Å². The summed E-state index contributed by atoms with van der Waals surface area (Å²) >= 11 is 1.48. The van der Waals surface area contributed by atoms with Crippen molar-refractivity contribution in [3.63, 3.8) is 0 Å². The first-order chi connectivity index (χ1) is 21.6. The number of amides is 2. The minimum atomic E-state index is -0.745. The first kappa shape index (κ1) is 33.3. The first-order valence-electron chi connectivity index (χ1n) is 15.6. The number of anilines is 2. The molecule has 1 saturated heterocycles. The number of carbonyl (C=O) groups is 2. The van der Waals surface area contributed by atoms with E-state index in [4.69, 9.17) is 19.4 Å². The Morgan fingerprint density at radius 3 is 2.52 bits per heavy atom. The second-order valence-corrected chi connectivity index (χ2v) is 15.0. The molecular formula is C32H44N8O5S. The zero-order valence-corrected chi connectivity index (χ0v) is 28.6. The fourth-order valence-electron chi connectivity index (χ4n) is 5.19. The van der Waals surface area contributed by atoms with Crippen LogP contribution in [0.5, 0.6) is 0 Å². The van der Waals surface area contributed by atoms with Gasteiger partial charge < -0.3 is 24.8 Å². The molecule has 1 aliphatic rings. The Morgan fingerprint density at radius 2 is 1.87 bits per heavy atom. The van der Waals surface area contributed by atoms with Crippen LogP contribution in [-0.4, -0.2) is 83.7 Å². The standard InChI is InChI=1S/C32H44N8O5S/c1-19(2)21-15-35-40-27(39(30(43)45-32(6,7)8)18-26-36-22-16-33-11-9-24(22)46-26)13-25(37-28(21)40)34-14-20-10-12-38(17-23(20)41)29(42)44-31(3,4)5/h9,11,13,15-16,19-20,23,41H,10,12,14,17-18H2,1-8H3,(H,34,37)/t20-,23-/m0/s1. The Labute approximate surface area is 272 Å². The van der Waals surface area contributed by atoms with E-state index in [2.05, 4.69) is 29.2 Å². The number of aliphatic hydroxyl groups is 1. The highest BCUT2D eigenvalue weighted by atomic mass is 32.1. The third-order valence-electron chi connectivity index (χ3n) is 7.44. The summed E-state index contributed by atoms with van der Waals surface area (Å²) in [5.41, 5.74) is 0.939. The number of nitrogens with one attached hydrogen (secondary N) is 1. The van der Waals surface area contributed by atoms with Crippen LogP contribution in [0, 0.1) is 5.92 Å². The maximum Gasteiger partial charge on any atom is 0.416 e. The largest absolute Gasteiger partial charge is 0.444 e.